The molecule has 0 radical (unpaired) electrons. The topological polar surface area (TPSA) is 46.5 Å². The van der Waals surface area contributed by atoms with Crippen LogP contribution in [-0.4, -0.2) is 17.7 Å². The molecular weight excluding hydrogens is 384 g/mol. The average molecular weight is 415 g/mol. The first-order chi connectivity index (χ1) is 14.9. The van der Waals surface area contributed by atoms with E-state index < -0.39 is 5.97 Å². The second kappa shape index (κ2) is 10.2. The van der Waals surface area contributed by atoms with Crippen LogP contribution in [0.1, 0.15) is 36.1 Å². The summed E-state index contributed by atoms with van der Waals surface area (Å²) in [5.41, 5.74) is 9.43. The molecule has 0 atom stereocenters. The number of carbonyl (C=O) groups excluding carboxylic acids is 1. The van der Waals surface area contributed by atoms with E-state index >= 15 is 0 Å². The summed E-state index contributed by atoms with van der Waals surface area (Å²) in [6, 6.07) is 21.3. The normalized spacial score (nSPS) is 10.7. The van der Waals surface area contributed by atoms with Crippen molar-refractivity contribution in [2.75, 3.05) is 6.61 Å². The van der Waals surface area contributed by atoms with Crippen LogP contribution in [0.4, 0.5) is 0 Å². The van der Waals surface area contributed by atoms with Gasteiger partial charge >= 0.3 is 5.97 Å². The van der Waals surface area contributed by atoms with Gasteiger partial charge in [0.1, 0.15) is 6.61 Å². The Kier molecular flexibility index (Phi) is 7.43. The Morgan fingerprint density at radius 1 is 0.903 bits per heavy atom. The average Bonchev–Trinajstić information content (AvgIpc) is 2.78. The highest BCUT2D eigenvalue weighted by molar-refractivity contribution is 5.87. The SMILES string of the molecule is C=C(C)C(=O)OCc1cc(-c2ccc(-c3ccc(C)cc3)cc2CC)ccc1CCO. The molecule has 0 aliphatic carbocycles. The van der Waals surface area contributed by atoms with E-state index in [1.165, 1.54) is 27.8 Å². The van der Waals surface area contributed by atoms with Crippen LogP contribution >= 0.6 is 0 Å². The largest absolute Gasteiger partial charge is 0.457 e. The zero-order chi connectivity index (χ0) is 22.4. The highest BCUT2D eigenvalue weighted by Crippen LogP contribution is 2.31. The molecular formula is C28H30O3. The van der Waals surface area contributed by atoms with Crippen LogP contribution in [-0.2, 0) is 29.0 Å². The Morgan fingerprint density at radius 2 is 1.55 bits per heavy atom. The van der Waals surface area contributed by atoms with Gasteiger partial charge in [-0.2, -0.15) is 0 Å². The lowest BCUT2D eigenvalue weighted by atomic mass is 9.91. The predicted molar refractivity (Wildman–Crippen MR) is 127 cm³/mol. The highest BCUT2D eigenvalue weighted by Gasteiger charge is 2.12. The van der Waals surface area contributed by atoms with Gasteiger partial charge in [0.15, 0.2) is 0 Å². The molecule has 0 bridgehead atoms. The summed E-state index contributed by atoms with van der Waals surface area (Å²) >= 11 is 0. The number of aliphatic hydroxyl groups excluding tert-OH is 1. The third-order valence-electron chi connectivity index (χ3n) is 5.48. The molecule has 3 aromatic rings. The first kappa shape index (κ1) is 22.5. The van der Waals surface area contributed by atoms with Crippen molar-refractivity contribution in [1.29, 1.82) is 0 Å². The van der Waals surface area contributed by atoms with Crippen LogP contribution in [0.5, 0.6) is 0 Å². The van der Waals surface area contributed by atoms with E-state index in [4.69, 9.17) is 4.74 Å². The smallest absolute Gasteiger partial charge is 0.333 e. The van der Waals surface area contributed by atoms with Gasteiger partial charge in [0, 0.05) is 12.2 Å². The third kappa shape index (κ3) is 5.50. The molecule has 0 amide bonds. The summed E-state index contributed by atoms with van der Waals surface area (Å²) in [5.74, 6) is -0.406. The Morgan fingerprint density at radius 3 is 2.19 bits per heavy atom. The van der Waals surface area contributed by atoms with Crippen LogP contribution in [0.15, 0.2) is 72.8 Å². The zero-order valence-corrected chi connectivity index (χ0v) is 18.6. The van der Waals surface area contributed by atoms with E-state index in [0.29, 0.717) is 12.0 Å². The Balaban J connectivity index is 1.96. The summed E-state index contributed by atoms with van der Waals surface area (Å²) in [5, 5.41) is 9.41. The molecule has 0 aliphatic heterocycles. The Hall–Kier alpha value is -3.17. The fraction of sp³-hybridized carbons (Fsp3) is 0.250. The Bertz CT molecular complexity index is 1080. The summed E-state index contributed by atoms with van der Waals surface area (Å²) in [4.78, 5) is 11.9. The minimum atomic E-state index is -0.406. The van der Waals surface area contributed by atoms with Gasteiger partial charge in [-0.25, -0.2) is 4.79 Å². The molecule has 3 rings (SSSR count). The maximum atomic E-state index is 11.9. The number of hydrogen-bond donors (Lipinski definition) is 1. The molecule has 3 nitrogen and oxygen atoms in total. The molecule has 31 heavy (non-hydrogen) atoms. The van der Waals surface area contributed by atoms with Gasteiger partial charge in [-0.15, -0.1) is 0 Å². The van der Waals surface area contributed by atoms with Gasteiger partial charge in [0.2, 0.25) is 0 Å². The lowest BCUT2D eigenvalue weighted by molar-refractivity contribution is -0.140. The number of ether oxygens (including phenoxy) is 1. The molecule has 3 heteroatoms. The lowest BCUT2D eigenvalue weighted by Crippen LogP contribution is -2.07. The van der Waals surface area contributed by atoms with Crippen LogP contribution < -0.4 is 0 Å². The summed E-state index contributed by atoms with van der Waals surface area (Å²) < 4.78 is 5.39. The van der Waals surface area contributed by atoms with E-state index in [1.807, 2.05) is 6.07 Å². The van der Waals surface area contributed by atoms with E-state index in [-0.39, 0.29) is 13.2 Å². The number of benzene rings is 3. The molecule has 1 N–H and O–H groups in total. The molecule has 0 aliphatic rings. The van der Waals surface area contributed by atoms with Crippen LogP contribution in [0.25, 0.3) is 22.3 Å². The molecule has 3 aromatic carbocycles. The summed E-state index contributed by atoms with van der Waals surface area (Å²) in [6.07, 6.45) is 1.43. The minimum absolute atomic E-state index is 0.0479. The molecule has 0 unspecified atom stereocenters. The van der Waals surface area contributed by atoms with Crippen molar-refractivity contribution in [1.82, 2.24) is 0 Å². The number of hydrogen-bond acceptors (Lipinski definition) is 3. The lowest BCUT2D eigenvalue weighted by Gasteiger charge is -2.15. The van der Waals surface area contributed by atoms with Crippen LogP contribution in [0, 0.1) is 6.92 Å². The van der Waals surface area contributed by atoms with Crippen LogP contribution in [0.3, 0.4) is 0 Å². The molecule has 160 valence electrons. The van der Waals surface area contributed by atoms with Crippen LogP contribution in [0.2, 0.25) is 0 Å². The van der Waals surface area contributed by atoms with Gasteiger partial charge in [0.25, 0.3) is 0 Å². The molecule has 0 fully saturated rings. The second-order valence-corrected chi connectivity index (χ2v) is 7.91. The Labute approximate surface area is 185 Å². The van der Waals surface area contributed by atoms with Crippen molar-refractivity contribution in [3.05, 3.63) is 95.1 Å². The van der Waals surface area contributed by atoms with E-state index in [9.17, 15) is 9.90 Å². The molecule has 0 spiro atoms. The van der Waals surface area contributed by atoms with Gasteiger partial charge in [-0.05, 0) is 71.7 Å². The van der Waals surface area contributed by atoms with Crippen molar-refractivity contribution in [2.24, 2.45) is 0 Å². The summed E-state index contributed by atoms with van der Waals surface area (Å²) in [6.45, 7) is 9.74. The zero-order valence-electron chi connectivity index (χ0n) is 18.6. The van der Waals surface area contributed by atoms with Crippen molar-refractivity contribution < 1.29 is 14.6 Å². The fourth-order valence-electron chi connectivity index (χ4n) is 3.65. The maximum absolute atomic E-state index is 11.9. The first-order valence-electron chi connectivity index (χ1n) is 10.7. The van der Waals surface area contributed by atoms with E-state index in [0.717, 1.165) is 23.1 Å². The number of carbonyl (C=O) groups is 1. The standard InChI is InChI=1S/C28H30O3/c1-5-21-16-24(22-8-6-20(4)7-9-22)12-13-27(21)25-11-10-23(14-15-29)26(17-25)18-31-28(30)19(2)3/h6-13,16-17,29H,2,5,14-15,18H2,1,3-4H3. The third-order valence-corrected chi connectivity index (χ3v) is 5.48. The van der Waals surface area contributed by atoms with Gasteiger partial charge in [0.05, 0.1) is 0 Å². The number of rotatable bonds is 8. The second-order valence-electron chi connectivity index (χ2n) is 7.91. The van der Waals surface area contributed by atoms with Gasteiger partial charge < -0.3 is 9.84 Å². The quantitative estimate of drug-likeness (QED) is 0.361. The maximum Gasteiger partial charge on any atom is 0.333 e. The highest BCUT2D eigenvalue weighted by atomic mass is 16.5. The molecule has 0 heterocycles. The number of esters is 1. The monoisotopic (exact) mass is 414 g/mol. The van der Waals surface area contributed by atoms with E-state index in [1.54, 1.807) is 6.92 Å². The fourth-order valence-corrected chi connectivity index (χ4v) is 3.65. The molecule has 0 aromatic heterocycles. The molecule has 0 saturated carbocycles. The number of aryl methyl sites for hydroxylation is 2. The summed E-state index contributed by atoms with van der Waals surface area (Å²) in [7, 11) is 0. The van der Waals surface area contributed by atoms with E-state index in [2.05, 4.69) is 75.0 Å². The predicted octanol–water partition coefficient (Wildman–Crippen LogP) is 6.05. The minimum Gasteiger partial charge on any atom is -0.457 e. The van der Waals surface area contributed by atoms with Gasteiger partial charge in [-0.1, -0.05) is 73.7 Å². The number of aliphatic hydroxyl groups is 1. The van der Waals surface area contributed by atoms with Crippen molar-refractivity contribution >= 4 is 5.97 Å². The molecule has 0 saturated heterocycles. The van der Waals surface area contributed by atoms with Crippen molar-refractivity contribution in [2.45, 2.75) is 40.2 Å². The van der Waals surface area contributed by atoms with Crippen molar-refractivity contribution in [3.8, 4) is 22.3 Å². The van der Waals surface area contributed by atoms with Gasteiger partial charge in [-0.3, -0.25) is 0 Å². The van der Waals surface area contributed by atoms with Crippen molar-refractivity contribution in [3.63, 3.8) is 0 Å². The first-order valence-corrected chi connectivity index (χ1v) is 10.7.